The first-order valence-corrected chi connectivity index (χ1v) is 8.13. The molecule has 24 heavy (non-hydrogen) atoms. The van der Waals surface area contributed by atoms with Crippen molar-refractivity contribution in [2.75, 3.05) is 6.54 Å². The summed E-state index contributed by atoms with van der Waals surface area (Å²) in [5, 5.41) is 25.0. The first-order chi connectivity index (χ1) is 11.5. The van der Waals surface area contributed by atoms with Gasteiger partial charge in [0.2, 0.25) is 11.7 Å². The SMILES string of the molecule is O=C(CCc1ccccc1)NC1=CC(C(=O)O)=C2CCCC[N+]12[O-]. The molecule has 1 saturated heterocycles. The summed E-state index contributed by atoms with van der Waals surface area (Å²) in [6.07, 6.45) is 4.14. The number of nitrogens with zero attached hydrogens (tertiary/aromatic N) is 1. The number of aliphatic carboxylic acids is 1. The molecule has 1 aromatic carbocycles. The molecule has 0 aromatic heterocycles. The maximum absolute atomic E-state index is 13.1. The molecule has 0 bridgehead atoms. The summed E-state index contributed by atoms with van der Waals surface area (Å²) >= 11 is 0. The Morgan fingerprint density at radius 2 is 1.96 bits per heavy atom. The number of fused-ring (bicyclic) bond motifs is 1. The van der Waals surface area contributed by atoms with E-state index in [2.05, 4.69) is 5.32 Å². The van der Waals surface area contributed by atoms with E-state index in [0.29, 0.717) is 18.5 Å². The van der Waals surface area contributed by atoms with Gasteiger partial charge in [-0.05, 0) is 24.8 Å². The zero-order chi connectivity index (χ0) is 17.2. The van der Waals surface area contributed by atoms with E-state index in [-0.39, 0.29) is 30.3 Å². The number of amides is 1. The average Bonchev–Trinajstić information content (AvgIpc) is 2.87. The van der Waals surface area contributed by atoms with Crippen molar-refractivity contribution in [3.63, 3.8) is 0 Å². The van der Waals surface area contributed by atoms with Gasteiger partial charge in [-0.25, -0.2) is 4.79 Å². The second-order valence-electron chi connectivity index (χ2n) is 6.15. The van der Waals surface area contributed by atoms with Gasteiger partial charge >= 0.3 is 5.97 Å². The molecular weight excluding hydrogens is 308 g/mol. The molecule has 0 radical (unpaired) electrons. The number of nitrogens with one attached hydrogen (secondary N) is 1. The number of carboxylic acid groups (broad SMARTS) is 1. The monoisotopic (exact) mass is 328 g/mol. The van der Waals surface area contributed by atoms with Crippen LogP contribution < -0.4 is 5.32 Å². The molecule has 2 aliphatic rings. The van der Waals surface area contributed by atoms with Gasteiger partial charge in [0.25, 0.3) is 0 Å². The van der Waals surface area contributed by atoms with Crippen LogP contribution >= 0.6 is 0 Å². The molecule has 6 nitrogen and oxygen atoms in total. The van der Waals surface area contributed by atoms with Gasteiger partial charge in [-0.3, -0.25) is 14.8 Å². The van der Waals surface area contributed by atoms with E-state index in [1.165, 1.54) is 6.08 Å². The maximum Gasteiger partial charge on any atom is 0.341 e. The number of quaternary nitrogens is 1. The van der Waals surface area contributed by atoms with Crippen LogP contribution in [-0.2, 0) is 16.0 Å². The lowest BCUT2D eigenvalue weighted by atomic mass is 10.1. The minimum absolute atomic E-state index is 0.0306. The molecule has 0 aliphatic carbocycles. The van der Waals surface area contributed by atoms with Crippen LogP contribution in [0.4, 0.5) is 0 Å². The Hall–Kier alpha value is -2.44. The summed E-state index contributed by atoms with van der Waals surface area (Å²) in [4.78, 5) is 23.6. The van der Waals surface area contributed by atoms with E-state index in [1.54, 1.807) is 0 Å². The van der Waals surface area contributed by atoms with Crippen molar-refractivity contribution in [2.24, 2.45) is 0 Å². The predicted molar refractivity (Wildman–Crippen MR) is 88.0 cm³/mol. The average molecular weight is 328 g/mol. The number of carbonyl (C=O) groups is 2. The molecule has 0 spiro atoms. The largest absolute Gasteiger partial charge is 0.621 e. The standard InChI is InChI=1S/C18H20N2O4/c21-17(10-9-13-6-2-1-3-7-13)19-16-12-14(18(22)23)15-8-4-5-11-20(15,16)24/h1-3,6-7,12H,4-5,8-11H2,(H,19,21)(H,22,23). The Morgan fingerprint density at radius 3 is 2.67 bits per heavy atom. The van der Waals surface area contributed by atoms with Crippen molar-refractivity contribution < 1.29 is 19.3 Å². The van der Waals surface area contributed by atoms with E-state index in [1.807, 2.05) is 30.3 Å². The molecule has 2 heterocycles. The highest BCUT2D eigenvalue weighted by atomic mass is 16.6. The lowest BCUT2D eigenvalue weighted by Crippen LogP contribution is -2.47. The fraction of sp³-hybridized carbons (Fsp3) is 0.333. The van der Waals surface area contributed by atoms with Crippen LogP contribution in [0.5, 0.6) is 0 Å². The van der Waals surface area contributed by atoms with Crippen LogP contribution in [0.3, 0.4) is 0 Å². The summed E-state index contributed by atoms with van der Waals surface area (Å²) in [6, 6.07) is 9.61. The van der Waals surface area contributed by atoms with E-state index < -0.39 is 10.6 Å². The number of carbonyl (C=O) groups excluding carboxylic acids is 1. The topological polar surface area (TPSA) is 89.5 Å². The smallest absolute Gasteiger partial charge is 0.341 e. The summed E-state index contributed by atoms with van der Waals surface area (Å²) in [5.74, 6) is -1.24. The van der Waals surface area contributed by atoms with Crippen molar-refractivity contribution in [2.45, 2.75) is 32.1 Å². The maximum atomic E-state index is 13.1. The highest BCUT2D eigenvalue weighted by Gasteiger charge is 2.41. The molecule has 3 rings (SSSR count). The molecular formula is C18H20N2O4. The molecule has 6 heteroatoms. The molecule has 0 saturated carbocycles. The van der Waals surface area contributed by atoms with Gasteiger partial charge in [0.1, 0.15) is 11.3 Å². The molecule has 1 aromatic rings. The van der Waals surface area contributed by atoms with Crippen LogP contribution in [-0.4, -0.2) is 28.2 Å². The summed E-state index contributed by atoms with van der Waals surface area (Å²) in [5.41, 5.74) is 1.43. The molecule has 1 atom stereocenters. The van der Waals surface area contributed by atoms with Crippen molar-refractivity contribution >= 4 is 11.9 Å². The lowest BCUT2D eigenvalue weighted by molar-refractivity contribution is -0.809. The number of piperidine rings is 1. The predicted octanol–water partition coefficient (Wildman–Crippen LogP) is 2.43. The minimum Gasteiger partial charge on any atom is -0.621 e. The molecule has 2 aliphatic heterocycles. The van der Waals surface area contributed by atoms with Crippen LogP contribution in [0.15, 0.2) is 53.5 Å². The number of hydrogen-bond acceptors (Lipinski definition) is 3. The van der Waals surface area contributed by atoms with Crippen LogP contribution in [0.25, 0.3) is 0 Å². The molecule has 1 unspecified atom stereocenters. The quantitative estimate of drug-likeness (QED) is 0.642. The van der Waals surface area contributed by atoms with Gasteiger partial charge in [0, 0.05) is 18.9 Å². The van der Waals surface area contributed by atoms with Crippen molar-refractivity contribution in [3.8, 4) is 0 Å². The van der Waals surface area contributed by atoms with Gasteiger partial charge in [0.05, 0.1) is 6.54 Å². The summed E-state index contributed by atoms with van der Waals surface area (Å²) in [7, 11) is 0. The second kappa shape index (κ2) is 6.59. The number of hydroxylamine groups is 3. The third-order valence-electron chi connectivity index (χ3n) is 4.54. The minimum atomic E-state index is -1.11. The third kappa shape index (κ3) is 3.11. The van der Waals surface area contributed by atoms with E-state index >= 15 is 0 Å². The van der Waals surface area contributed by atoms with Crippen LogP contribution in [0, 0.1) is 5.21 Å². The van der Waals surface area contributed by atoms with Crippen molar-refractivity contribution in [3.05, 3.63) is 64.3 Å². The lowest BCUT2D eigenvalue weighted by Gasteiger charge is -2.44. The Labute approximate surface area is 140 Å². The number of hydrogen-bond donors (Lipinski definition) is 2. The fourth-order valence-electron chi connectivity index (χ4n) is 3.28. The number of rotatable bonds is 5. The number of carboxylic acids is 1. The molecule has 1 amide bonds. The van der Waals surface area contributed by atoms with Crippen LogP contribution in [0.1, 0.15) is 31.2 Å². The van der Waals surface area contributed by atoms with Gasteiger partial charge in [-0.2, -0.15) is 0 Å². The van der Waals surface area contributed by atoms with Crippen LogP contribution in [0.2, 0.25) is 0 Å². The number of benzene rings is 1. The summed E-state index contributed by atoms with van der Waals surface area (Å²) in [6.45, 7) is 0.275. The third-order valence-corrected chi connectivity index (χ3v) is 4.54. The molecule has 2 N–H and O–H groups in total. The highest BCUT2D eigenvalue weighted by molar-refractivity contribution is 5.91. The van der Waals surface area contributed by atoms with E-state index in [4.69, 9.17) is 0 Å². The second-order valence-corrected chi connectivity index (χ2v) is 6.15. The van der Waals surface area contributed by atoms with Crippen molar-refractivity contribution in [1.29, 1.82) is 0 Å². The van der Waals surface area contributed by atoms with E-state index in [9.17, 15) is 19.9 Å². The first kappa shape index (κ1) is 16.4. The Kier molecular flexibility index (Phi) is 4.51. The highest BCUT2D eigenvalue weighted by Crippen LogP contribution is 2.39. The Balaban J connectivity index is 1.69. The first-order valence-electron chi connectivity index (χ1n) is 8.13. The van der Waals surface area contributed by atoms with Gasteiger partial charge in [-0.1, -0.05) is 30.3 Å². The van der Waals surface area contributed by atoms with Gasteiger partial charge < -0.3 is 10.3 Å². The summed E-state index contributed by atoms with van der Waals surface area (Å²) < 4.78 is -0.821. The van der Waals surface area contributed by atoms with Gasteiger partial charge in [-0.15, -0.1) is 0 Å². The molecule has 1 fully saturated rings. The Bertz CT molecular complexity index is 724. The fourth-order valence-corrected chi connectivity index (χ4v) is 3.28. The number of allylic oxidation sites excluding steroid dienone is 1. The zero-order valence-electron chi connectivity index (χ0n) is 13.3. The van der Waals surface area contributed by atoms with Crippen molar-refractivity contribution in [1.82, 2.24) is 5.32 Å². The normalized spacial score (nSPS) is 22.8. The molecule has 126 valence electrons. The zero-order valence-corrected chi connectivity index (χ0v) is 13.3. The van der Waals surface area contributed by atoms with Gasteiger partial charge in [0.15, 0.2) is 0 Å². The van der Waals surface area contributed by atoms with E-state index in [0.717, 1.165) is 18.4 Å². The number of aryl methyl sites for hydroxylation is 1. The Morgan fingerprint density at radius 1 is 1.21 bits per heavy atom.